The van der Waals surface area contributed by atoms with Crippen molar-refractivity contribution in [1.82, 2.24) is 10.2 Å². The lowest BCUT2D eigenvalue weighted by molar-refractivity contribution is -0.131. The minimum atomic E-state index is -0.0758. The standard InChI is InChI=1S/C8H14N2O2/c1-6(11)9-8-4-3-5-10(8)7(2)12/h8H,3-5H2,1-2H3,(H,9,11)/t8-/m1/s1. The Morgan fingerprint density at radius 1 is 1.42 bits per heavy atom. The Kier molecular flexibility index (Phi) is 2.68. The third kappa shape index (κ3) is 1.96. The van der Waals surface area contributed by atoms with Crippen molar-refractivity contribution in [2.24, 2.45) is 0 Å². The van der Waals surface area contributed by atoms with Gasteiger partial charge in [0.15, 0.2) is 0 Å². The fourth-order valence-corrected chi connectivity index (χ4v) is 1.53. The Bertz CT molecular complexity index is 203. The summed E-state index contributed by atoms with van der Waals surface area (Å²) in [6.07, 6.45) is 1.78. The number of rotatable bonds is 1. The van der Waals surface area contributed by atoms with E-state index >= 15 is 0 Å². The first-order chi connectivity index (χ1) is 5.61. The molecule has 1 heterocycles. The van der Waals surface area contributed by atoms with Crippen molar-refractivity contribution < 1.29 is 9.59 Å². The van der Waals surface area contributed by atoms with Crippen molar-refractivity contribution >= 4 is 11.8 Å². The molecule has 4 nitrogen and oxygen atoms in total. The summed E-state index contributed by atoms with van der Waals surface area (Å²) in [5, 5.41) is 2.74. The van der Waals surface area contributed by atoms with Gasteiger partial charge in [0.1, 0.15) is 6.17 Å². The molecule has 1 saturated heterocycles. The molecule has 12 heavy (non-hydrogen) atoms. The zero-order chi connectivity index (χ0) is 9.14. The molecule has 0 spiro atoms. The number of amides is 2. The first kappa shape index (κ1) is 9.03. The maximum atomic E-state index is 11.0. The number of nitrogens with zero attached hydrogens (tertiary/aromatic N) is 1. The molecule has 0 unspecified atom stereocenters. The number of carbonyl (C=O) groups is 2. The highest BCUT2D eigenvalue weighted by Gasteiger charge is 2.26. The maximum Gasteiger partial charge on any atom is 0.221 e. The lowest BCUT2D eigenvalue weighted by Crippen LogP contribution is -2.45. The molecule has 0 saturated carbocycles. The van der Waals surface area contributed by atoms with Crippen LogP contribution in [0.1, 0.15) is 26.7 Å². The summed E-state index contributed by atoms with van der Waals surface area (Å²) in [4.78, 5) is 23.4. The van der Waals surface area contributed by atoms with Crippen LogP contribution in [0.3, 0.4) is 0 Å². The summed E-state index contributed by atoms with van der Waals surface area (Å²) >= 11 is 0. The predicted octanol–water partition coefficient (Wildman–Crippen LogP) is 0.0909. The van der Waals surface area contributed by atoms with Gasteiger partial charge in [0.25, 0.3) is 0 Å². The second-order valence-electron chi connectivity index (χ2n) is 3.07. The molecule has 1 fully saturated rings. The van der Waals surface area contributed by atoms with Gasteiger partial charge in [-0.25, -0.2) is 0 Å². The van der Waals surface area contributed by atoms with Gasteiger partial charge in [-0.1, -0.05) is 0 Å². The van der Waals surface area contributed by atoms with Gasteiger partial charge < -0.3 is 10.2 Å². The van der Waals surface area contributed by atoms with E-state index in [0.717, 1.165) is 19.4 Å². The van der Waals surface area contributed by atoms with Gasteiger partial charge in [0.05, 0.1) is 0 Å². The summed E-state index contributed by atoms with van der Waals surface area (Å²) in [5.41, 5.74) is 0. The summed E-state index contributed by atoms with van der Waals surface area (Å²) in [7, 11) is 0. The molecule has 1 rings (SSSR count). The summed E-state index contributed by atoms with van der Waals surface area (Å²) in [6.45, 7) is 3.76. The topological polar surface area (TPSA) is 49.4 Å². The Labute approximate surface area is 71.9 Å². The van der Waals surface area contributed by atoms with E-state index in [2.05, 4.69) is 5.32 Å². The van der Waals surface area contributed by atoms with Crippen LogP contribution in [0.4, 0.5) is 0 Å². The van der Waals surface area contributed by atoms with Crippen molar-refractivity contribution in [3.05, 3.63) is 0 Å². The molecule has 0 aromatic heterocycles. The van der Waals surface area contributed by atoms with Gasteiger partial charge in [0.2, 0.25) is 11.8 Å². The molecule has 0 aromatic carbocycles. The molecule has 68 valence electrons. The van der Waals surface area contributed by atoms with Crippen LogP contribution in [0.5, 0.6) is 0 Å². The molecule has 2 amide bonds. The van der Waals surface area contributed by atoms with E-state index in [1.807, 2.05) is 0 Å². The summed E-state index contributed by atoms with van der Waals surface area (Å²) < 4.78 is 0. The van der Waals surface area contributed by atoms with E-state index in [-0.39, 0.29) is 18.0 Å². The van der Waals surface area contributed by atoms with Crippen LogP contribution in [-0.2, 0) is 9.59 Å². The molecule has 4 heteroatoms. The highest BCUT2D eigenvalue weighted by molar-refractivity contribution is 5.76. The smallest absolute Gasteiger partial charge is 0.221 e. The zero-order valence-corrected chi connectivity index (χ0v) is 7.46. The lowest BCUT2D eigenvalue weighted by Gasteiger charge is -2.23. The summed E-state index contributed by atoms with van der Waals surface area (Å²) in [6, 6.07) is 0. The minimum absolute atomic E-state index is 0.0336. The number of hydrogen-bond donors (Lipinski definition) is 1. The molecule has 0 aromatic rings. The number of nitrogens with one attached hydrogen (secondary N) is 1. The normalized spacial score (nSPS) is 22.5. The molecule has 1 aliphatic heterocycles. The van der Waals surface area contributed by atoms with E-state index in [4.69, 9.17) is 0 Å². The van der Waals surface area contributed by atoms with Gasteiger partial charge >= 0.3 is 0 Å². The molecule has 0 radical (unpaired) electrons. The first-order valence-electron chi connectivity index (χ1n) is 4.15. The third-order valence-electron chi connectivity index (χ3n) is 2.03. The molecule has 1 N–H and O–H groups in total. The Hall–Kier alpha value is -1.06. The van der Waals surface area contributed by atoms with E-state index in [9.17, 15) is 9.59 Å². The van der Waals surface area contributed by atoms with E-state index in [0.29, 0.717) is 0 Å². The molecule has 1 aliphatic rings. The van der Waals surface area contributed by atoms with Crippen molar-refractivity contribution in [3.63, 3.8) is 0 Å². The Balaban J connectivity index is 2.52. The van der Waals surface area contributed by atoms with Crippen LogP contribution in [-0.4, -0.2) is 29.4 Å². The van der Waals surface area contributed by atoms with Crippen LogP contribution in [0.2, 0.25) is 0 Å². The average Bonchev–Trinajstić information content (AvgIpc) is 2.33. The van der Waals surface area contributed by atoms with Gasteiger partial charge in [-0.3, -0.25) is 9.59 Å². The van der Waals surface area contributed by atoms with Crippen LogP contribution in [0, 0.1) is 0 Å². The van der Waals surface area contributed by atoms with Crippen LogP contribution >= 0.6 is 0 Å². The molecule has 0 aliphatic carbocycles. The Morgan fingerprint density at radius 2 is 2.08 bits per heavy atom. The van der Waals surface area contributed by atoms with Crippen LogP contribution in [0.25, 0.3) is 0 Å². The zero-order valence-electron chi connectivity index (χ0n) is 7.46. The van der Waals surface area contributed by atoms with Gasteiger partial charge in [-0.05, 0) is 12.8 Å². The van der Waals surface area contributed by atoms with Gasteiger partial charge in [-0.2, -0.15) is 0 Å². The predicted molar refractivity (Wildman–Crippen MR) is 44.2 cm³/mol. The number of carbonyl (C=O) groups excluding carboxylic acids is 2. The monoisotopic (exact) mass is 170 g/mol. The van der Waals surface area contributed by atoms with E-state index in [1.165, 1.54) is 13.8 Å². The van der Waals surface area contributed by atoms with Crippen LogP contribution < -0.4 is 5.32 Å². The van der Waals surface area contributed by atoms with Crippen molar-refractivity contribution in [2.45, 2.75) is 32.9 Å². The SMILES string of the molecule is CC(=O)N[C@H]1CCCN1C(C)=O. The lowest BCUT2D eigenvalue weighted by atomic mass is 10.3. The van der Waals surface area contributed by atoms with Gasteiger partial charge in [0, 0.05) is 20.4 Å². The maximum absolute atomic E-state index is 11.0. The highest BCUT2D eigenvalue weighted by atomic mass is 16.2. The fraction of sp³-hybridized carbons (Fsp3) is 0.750. The van der Waals surface area contributed by atoms with E-state index in [1.54, 1.807) is 4.90 Å². The first-order valence-corrected chi connectivity index (χ1v) is 4.15. The number of likely N-dealkylation sites (tertiary alicyclic amines) is 1. The summed E-state index contributed by atoms with van der Waals surface area (Å²) in [5.74, 6) is -0.0422. The average molecular weight is 170 g/mol. The molecule has 1 atom stereocenters. The second kappa shape index (κ2) is 3.56. The molecular weight excluding hydrogens is 156 g/mol. The highest BCUT2D eigenvalue weighted by Crippen LogP contribution is 2.14. The second-order valence-corrected chi connectivity index (χ2v) is 3.07. The van der Waals surface area contributed by atoms with Gasteiger partial charge in [-0.15, -0.1) is 0 Å². The number of hydrogen-bond acceptors (Lipinski definition) is 2. The van der Waals surface area contributed by atoms with Crippen molar-refractivity contribution in [2.75, 3.05) is 6.54 Å². The minimum Gasteiger partial charge on any atom is -0.336 e. The quantitative estimate of drug-likeness (QED) is 0.606. The molecular formula is C8H14N2O2. The Morgan fingerprint density at radius 3 is 2.58 bits per heavy atom. The third-order valence-corrected chi connectivity index (χ3v) is 2.03. The fourth-order valence-electron chi connectivity index (χ4n) is 1.53. The van der Waals surface area contributed by atoms with Crippen molar-refractivity contribution in [3.8, 4) is 0 Å². The van der Waals surface area contributed by atoms with E-state index < -0.39 is 0 Å². The largest absolute Gasteiger partial charge is 0.336 e. The van der Waals surface area contributed by atoms with Crippen molar-refractivity contribution in [1.29, 1.82) is 0 Å². The van der Waals surface area contributed by atoms with Crippen LogP contribution in [0.15, 0.2) is 0 Å². The molecule has 0 bridgehead atoms.